The lowest BCUT2D eigenvalue weighted by molar-refractivity contribution is -0.370. The van der Waals surface area contributed by atoms with Crippen molar-refractivity contribution in [3.63, 3.8) is 0 Å². The summed E-state index contributed by atoms with van der Waals surface area (Å²) in [6, 6.07) is 0. The maximum atomic E-state index is 13.3. The van der Waals surface area contributed by atoms with Gasteiger partial charge in [-0.1, -0.05) is 13.8 Å². The minimum absolute atomic E-state index is 0.104. The third-order valence-corrected chi connectivity index (χ3v) is 7.01. The monoisotopic (exact) mass is 346 g/mol. The molecule has 2 atom stereocenters. The van der Waals surface area contributed by atoms with Crippen molar-refractivity contribution in [2.45, 2.75) is 84.5 Å². The smallest absolute Gasteiger partial charge is 0.244 e. The molecule has 4 rings (SSSR count). The van der Waals surface area contributed by atoms with Crippen molar-refractivity contribution in [1.82, 2.24) is 0 Å². The average molecular weight is 346 g/mol. The number of aliphatic hydroxyl groups is 1. The van der Waals surface area contributed by atoms with Crippen LogP contribution in [-0.4, -0.2) is 36.6 Å². The summed E-state index contributed by atoms with van der Waals surface area (Å²) < 4.78 is 38.2. The number of rotatable bonds is 7. The van der Waals surface area contributed by atoms with Crippen LogP contribution in [-0.2, 0) is 9.47 Å². The highest BCUT2D eigenvalue weighted by atomic mass is 19.3. The minimum Gasteiger partial charge on any atom is -0.389 e. The molecule has 1 N–H and O–H groups in total. The van der Waals surface area contributed by atoms with Gasteiger partial charge in [-0.05, 0) is 57.8 Å². The summed E-state index contributed by atoms with van der Waals surface area (Å²) >= 11 is 0. The van der Waals surface area contributed by atoms with Crippen molar-refractivity contribution in [2.75, 3.05) is 13.2 Å². The summed E-state index contributed by atoms with van der Waals surface area (Å²) in [5.41, 5.74) is -2.02. The van der Waals surface area contributed by atoms with Crippen molar-refractivity contribution >= 4 is 0 Å². The third kappa shape index (κ3) is 2.53. The van der Waals surface area contributed by atoms with E-state index in [1.807, 2.05) is 13.8 Å². The molecule has 0 aliphatic heterocycles. The normalized spacial score (nSPS) is 43.6. The summed E-state index contributed by atoms with van der Waals surface area (Å²) in [5.74, 6) is -0.155. The van der Waals surface area contributed by atoms with Gasteiger partial charge in [0.2, 0.25) is 6.43 Å². The first-order valence-electron chi connectivity index (χ1n) is 9.37. The molecule has 2 unspecified atom stereocenters. The van der Waals surface area contributed by atoms with Gasteiger partial charge in [0.15, 0.2) is 6.29 Å². The quantitative estimate of drug-likeness (QED) is 0.695. The van der Waals surface area contributed by atoms with Crippen LogP contribution in [0.15, 0.2) is 0 Å². The van der Waals surface area contributed by atoms with E-state index in [2.05, 4.69) is 13.8 Å². The Morgan fingerprint density at radius 2 is 1.58 bits per heavy atom. The van der Waals surface area contributed by atoms with Crippen LogP contribution in [0.3, 0.4) is 0 Å². The van der Waals surface area contributed by atoms with Gasteiger partial charge in [0.1, 0.15) is 0 Å². The maximum absolute atomic E-state index is 13.3. The van der Waals surface area contributed by atoms with Crippen LogP contribution in [0.5, 0.6) is 0 Å². The molecule has 24 heavy (non-hydrogen) atoms. The van der Waals surface area contributed by atoms with E-state index >= 15 is 0 Å². The molecule has 0 aromatic heterocycles. The number of ether oxygens (including phenoxy) is 2. The Morgan fingerprint density at radius 3 is 2.04 bits per heavy atom. The summed E-state index contributed by atoms with van der Waals surface area (Å²) in [7, 11) is 0. The highest BCUT2D eigenvalue weighted by Gasteiger charge is 2.79. The van der Waals surface area contributed by atoms with E-state index in [-0.39, 0.29) is 16.7 Å². The first-order valence-corrected chi connectivity index (χ1v) is 9.37. The van der Waals surface area contributed by atoms with Crippen molar-refractivity contribution in [3.05, 3.63) is 0 Å². The Balaban J connectivity index is 1.84. The van der Waals surface area contributed by atoms with E-state index in [4.69, 9.17) is 9.47 Å². The Hall–Kier alpha value is -0.260. The van der Waals surface area contributed by atoms with E-state index < -0.39 is 23.7 Å². The fourth-order valence-corrected chi connectivity index (χ4v) is 5.73. The van der Waals surface area contributed by atoms with Crippen molar-refractivity contribution in [2.24, 2.45) is 22.2 Å². The Bertz CT molecular complexity index is 453. The number of alkyl halides is 2. The zero-order chi connectivity index (χ0) is 17.8. The molecule has 4 aliphatic carbocycles. The third-order valence-electron chi connectivity index (χ3n) is 7.01. The molecule has 4 aliphatic rings. The number of halogens is 2. The molecule has 140 valence electrons. The summed E-state index contributed by atoms with van der Waals surface area (Å²) in [5, 5.41) is 11.7. The van der Waals surface area contributed by atoms with Crippen LogP contribution < -0.4 is 0 Å². The number of hydrogen-bond donors (Lipinski definition) is 1. The van der Waals surface area contributed by atoms with E-state index in [1.165, 1.54) is 0 Å². The van der Waals surface area contributed by atoms with Crippen LogP contribution in [0.25, 0.3) is 0 Å². The summed E-state index contributed by atoms with van der Waals surface area (Å²) in [6.07, 6.45) is 1.01. The second-order valence-electron chi connectivity index (χ2n) is 9.15. The minimum atomic E-state index is -2.27. The van der Waals surface area contributed by atoms with E-state index in [0.29, 0.717) is 38.9 Å². The molecule has 0 amide bonds. The van der Waals surface area contributed by atoms with Gasteiger partial charge >= 0.3 is 0 Å². The second-order valence-corrected chi connectivity index (χ2v) is 9.15. The fourth-order valence-electron chi connectivity index (χ4n) is 5.73. The standard InChI is InChI=1S/C19H32F2O3/c1-5-23-14(24-6-2)13-9-16(3,4)7-8-19(13,22)18-10-17(11-18,12-18)15(20)21/h13-15,22H,5-12H2,1-4H3. The molecule has 4 fully saturated rings. The second kappa shape index (κ2) is 5.88. The van der Waals surface area contributed by atoms with Gasteiger partial charge in [0.25, 0.3) is 0 Å². The van der Waals surface area contributed by atoms with E-state index in [1.54, 1.807) is 0 Å². The van der Waals surface area contributed by atoms with E-state index in [0.717, 1.165) is 12.8 Å². The van der Waals surface area contributed by atoms with Gasteiger partial charge in [0.05, 0.1) is 5.60 Å². The summed E-state index contributed by atoms with van der Waals surface area (Å²) in [4.78, 5) is 0. The van der Waals surface area contributed by atoms with Gasteiger partial charge < -0.3 is 14.6 Å². The molecule has 0 saturated heterocycles. The summed E-state index contributed by atoms with van der Waals surface area (Å²) in [6.45, 7) is 9.30. The van der Waals surface area contributed by atoms with Crippen LogP contribution in [0.1, 0.15) is 66.2 Å². The van der Waals surface area contributed by atoms with Crippen molar-refractivity contribution < 1.29 is 23.4 Å². The number of hydrogen-bond acceptors (Lipinski definition) is 3. The molecule has 0 radical (unpaired) electrons. The highest BCUT2D eigenvalue weighted by molar-refractivity contribution is 5.27. The molecule has 0 aromatic carbocycles. The molecule has 0 heterocycles. The largest absolute Gasteiger partial charge is 0.389 e. The Labute approximate surface area is 144 Å². The van der Waals surface area contributed by atoms with Gasteiger partial charge in [-0.2, -0.15) is 0 Å². The molecular weight excluding hydrogens is 314 g/mol. The topological polar surface area (TPSA) is 38.7 Å². The first-order chi connectivity index (χ1) is 11.1. The van der Waals surface area contributed by atoms with Gasteiger partial charge in [-0.3, -0.25) is 0 Å². The maximum Gasteiger partial charge on any atom is 0.244 e. The molecular formula is C19H32F2O3. The molecule has 0 spiro atoms. The zero-order valence-electron chi connectivity index (χ0n) is 15.4. The van der Waals surface area contributed by atoms with Crippen LogP contribution in [0.4, 0.5) is 8.78 Å². The Kier molecular flexibility index (Phi) is 4.54. The predicted octanol–water partition coefficient (Wildman–Crippen LogP) is 4.38. The lowest BCUT2D eigenvalue weighted by Crippen LogP contribution is -2.77. The Morgan fingerprint density at radius 1 is 1.04 bits per heavy atom. The fraction of sp³-hybridized carbons (Fsp3) is 1.00. The van der Waals surface area contributed by atoms with Gasteiger partial charge in [0, 0.05) is 30.0 Å². The molecule has 3 nitrogen and oxygen atoms in total. The lowest BCUT2D eigenvalue weighted by Gasteiger charge is -2.77. The van der Waals surface area contributed by atoms with E-state index in [9.17, 15) is 13.9 Å². The average Bonchev–Trinajstić information content (AvgIpc) is 2.38. The molecule has 2 bridgehead atoms. The zero-order valence-corrected chi connectivity index (χ0v) is 15.4. The first kappa shape index (κ1) is 18.5. The predicted molar refractivity (Wildman–Crippen MR) is 87.8 cm³/mol. The molecule has 4 saturated carbocycles. The van der Waals surface area contributed by atoms with Crippen molar-refractivity contribution in [1.29, 1.82) is 0 Å². The molecule has 0 aromatic rings. The van der Waals surface area contributed by atoms with Gasteiger partial charge in [-0.25, -0.2) is 8.78 Å². The van der Waals surface area contributed by atoms with Crippen LogP contribution in [0.2, 0.25) is 0 Å². The van der Waals surface area contributed by atoms with Crippen molar-refractivity contribution in [3.8, 4) is 0 Å². The lowest BCUT2D eigenvalue weighted by atomic mass is 9.28. The van der Waals surface area contributed by atoms with Crippen LogP contribution in [0, 0.1) is 22.2 Å². The van der Waals surface area contributed by atoms with Crippen LogP contribution >= 0.6 is 0 Å². The highest BCUT2D eigenvalue weighted by Crippen LogP contribution is 2.81. The molecule has 5 heteroatoms. The van der Waals surface area contributed by atoms with Gasteiger partial charge in [-0.15, -0.1) is 0 Å². The SMILES string of the molecule is CCOC(OCC)C1CC(C)(C)CCC1(O)C12CC(C(F)F)(C1)C2.